The molecule has 108 valence electrons. The summed E-state index contributed by atoms with van der Waals surface area (Å²) in [6.45, 7) is 0. The summed E-state index contributed by atoms with van der Waals surface area (Å²) in [7, 11) is 1.72. The second-order valence-corrected chi connectivity index (χ2v) is 4.83. The first-order valence-corrected chi connectivity index (χ1v) is 6.77. The first-order chi connectivity index (χ1) is 9.52. The van der Waals surface area contributed by atoms with Crippen molar-refractivity contribution in [2.45, 2.75) is 25.3 Å². The summed E-state index contributed by atoms with van der Waals surface area (Å²) in [6.07, 6.45) is 0.714. The molecule has 0 unspecified atom stereocenters. The Hall–Kier alpha value is -1.95. The normalized spacial score (nSPS) is 11.4. The first-order valence-electron chi connectivity index (χ1n) is 6.36. The highest BCUT2D eigenvalue weighted by Gasteiger charge is 2.17. The SMILES string of the molecule is CNC(=S)[C@H](Cc1ccccc1)NC(=O)CCC(N)=O. The number of nitrogens with one attached hydrogen (secondary N) is 2. The molecule has 0 bridgehead atoms. The second kappa shape index (κ2) is 8.27. The first kappa shape index (κ1) is 16.1. The van der Waals surface area contributed by atoms with Crippen LogP contribution in [0.3, 0.4) is 0 Å². The van der Waals surface area contributed by atoms with Crippen molar-refractivity contribution in [1.29, 1.82) is 0 Å². The zero-order valence-electron chi connectivity index (χ0n) is 11.4. The minimum absolute atomic E-state index is 0.0379. The molecule has 1 aromatic rings. The Morgan fingerprint density at radius 1 is 1.25 bits per heavy atom. The molecule has 0 radical (unpaired) electrons. The highest BCUT2D eigenvalue weighted by atomic mass is 32.1. The summed E-state index contributed by atoms with van der Waals surface area (Å²) in [4.78, 5) is 23.0. The monoisotopic (exact) mass is 293 g/mol. The quantitative estimate of drug-likeness (QED) is 0.640. The Bertz CT molecular complexity index is 477. The fourth-order valence-electron chi connectivity index (χ4n) is 1.74. The zero-order chi connectivity index (χ0) is 15.0. The van der Waals surface area contributed by atoms with Gasteiger partial charge in [-0.3, -0.25) is 9.59 Å². The summed E-state index contributed by atoms with van der Waals surface area (Å²) < 4.78 is 0. The van der Waals surface area contributed by atoms with Gasteiger partial charge in [0.25, 0.3) is 0 Å². The average molecular weight is 293 g/mol. The van der Waals surface area contributed by atoms with Crippen LogP contribution < -0.4 is 16.4 Å². The minimum Gasteiger partial charge on any atom is -0.381 e. The van der Waals surface area contributed by atoms with Crippen LogP contribution in [0, 0.1) is 0 Å². The Balaban J connectivity index is 2.63. The molecule has 0 saturated heterocycles. The van der Waals surface area contributed by atoms with Crippen molar-refractivity contribution in [3.05, 3.63) is 35.9 Å². The summed E-state index contributed by atoms with van der Waals surface area (Å²) in [5, 5.41) is 5.70. The van der Waals surface area contributed by atoms with E-state index >= 15 is 0 Å². The maximum atomic E-state index is 11.8. The molecule has 6 heteroatoms. The Morgan fingerprint density at radius 3 is 2.45 bits per heavy atom. The molecule has 0 heterocycles. The average Bonchev–Trinajstić information content (AvgIpc) is 2.44. The topological polar surface area (TPSA) is 84.2 Å². The van der Waals surface area contributed by atoms with Crippen molar-refractivity contribution in [2.75, 3.05) is 7.05 Å². The van der Waals surface area contributed by atoms with Crippen LogP contribution in [0.25, 0.3) is 0 Å². The van der Waals surface area contributed by atoms with E-state index in [0.717, 1.165) is 5.56 Å². The summed E-state index contributed by atoms with van der Waals surface area (Å²) in [5.74, 6) is -0.724. The van der Waals surface area contributed by atoms with Gasteiger partial charge < -0.3 is 16.4 Å². The number of amides is 2. The summed E-state index contributed by atoms with van der Waals surface area (Å²) >= 11 is 5.21. The molecular weight excluding hydrogens is 274 g/mol. The van der Waals surface area contributed by atoms with Crippen LogP contribution in [-0.2, 0) is 16.0 Å². The standard InChI is InChI=1S/C14H19N3O2S/c1-16-14(20)11(9-10-5-3-2-4-6-10)17-13(19)8-7-12(15)18/h2-6,11H,7-9H2,1H3,(H2,15,18)(H,16,20)(H,17,19)/t11-/m0/s1. The summed E-state index contributed by atoms with van der Waals surface area (Å²) in [5.41, 5.74) is 6.10. The van der Waals surface area contributed by atoms with E-state index in [1.54, 1.807) is 7.05 Å². The molecule has 0 saturated carbocycles. The molecule has 2 amide bonds. The second-order valence-electron chi connectivity index (χ2n) is 4.39. The van der Waals surface area contributed by atoms with Gasteiger partial charge in [0.05, 0.1) is 11.0 Å². The predicted octanol–water partition coefficient (Wildman–Crippen LogP) is 0.526. The minimum atomic E-state index is -0.490. The number of thiocarbonyl (C=S) groups is 1. The van der Waals surface area contributed by atoms with Gasteiger partial charge in [-0.2, -0.15) is 0 Å². The molecule has 20 heavy (non-hydrogen) atoms. The molecule has 0 aliphatic carbocycles. The van der Waals surface area contributed by atoms with Crippen molar-refractivity contribution in [1.82, 2.24) is 10.6 Å². The van der Waals surface area contributed by atoms with E-state index in [1.807, 2.05) is 30.3 Å². The number of nitrogens with two attached hydrogens (primary N) is 1. The maximum Gasteiger partial charge on any atom is 0.221 e. The number of hydrogen-bond acceptors (Lipinski definition) is 3. The number of likely N-dealkylation sites (N-methyl/N-ethyl adjacent to an activating group) is 1. The summed E-state index contributed by atoms with van der Waals surface area (Å²) in [6, 6.07) is 9.45. The van der Waals surface area contributed by atoms with E-state index in [1.165, 1.54) is 0 Å². The van der Waals surface area contributed by atoms with Gasteiger partial charge in [0.2, 0.25) is 11.8 Å². The lowest BCUT2D eigenvalue weighted by molar-refractivity contribution is -0.125. The van der Waals surface area contributed by atoms with Crippen LogP contribution in [0.4, 0.5) is 0 Å². The number of carbonyl (C=O) groups is 2. The third kappa shape index (κ3) is 5.79. The van der Waals surface area contributed by atoms with Gasteiger partial charge >= 0.3 is 0 Å². The van der Waals surface area contributed by atoms with Crippen molar-refractivity contribution in [3.8, 4) is 0 Å². The lowest BCUT2D eigenvalue weighted by atomic mass is 10.1. The van der Waals surface area contributed by atoms with E-state index in [4.69, 9.17) is 18.0 Å². The van der Waals surface area contributed by atoms with Crippen LogP contribution in [0.2, 0.25) is 0 Å². The van der Waals surface area contributed by atoms with E-state index in [9.17, 15) is 9.59 Å². The molecule has 0 aliphatic rings. The van der Waals surface area contributed by atoms with Gasteiger partial charge in [-0.1, -0.05) is 42.5 Å². The number of primary amides is 1. The molecule has 1 rings (SSSR count). The van der Waals surface area contributed by atoms with Gasteiger partial charge in [0.1, 0.15) is 0 Å². The molecule has 1 atom stereocenters. The number of carbonyl (C=O) groups excluding carboxylic acids is 2. The van der Waals surface area contributed by atoms with Crippen LogP contribution >= 0.6 is 12.2 Å². The zero-order valence-corrected chi connectivity index (χ0v) is 12.2. The van der Waals surface area contributed by atoms with E-state index < -0.39 is 5.91 Å². The Labute approximate surface area is 123 Å². The molecule has 0 fully saturated rings. The smallest absolute Gasteiger partial charge is 0.221 e. The van der Waals surface area contributed by atoms with E-state index in [-0.39, 0.29) is 24.8 Å². The fourth-order valence-corrected chi connectivity index (χ4v) is 1.88. The molecule has 1 aromatic carbocycles. The third-order valence-electron chi connectivity index (χ3n) is 2.78. The van der Waals surface area contributed by atoms with E-state index in [0.29, 0.717) is 11.4 Å². The van der Waals surface area contributed by atoms with Gasteiger partial charge in [-0.05, 0) is 12.0 Å². The number of rotatable bonds is 7. The highest BCUT2D eigenvalue weighted by molar-refractivity contribution is 7.80. The molecular formula is C14H19N3O2S. The molecule has 0 spiro atoms. The Kier molecular flexibility index (Phi) is 6.66. The van der Waals surface area contributed by atoms with Gasteiger partial charge in [-0.25, -0.2) is 0 Å². The lowest BCUT2D eigenvalue weighted by Crippen LogP contribution is -2.46. The molecule has 0 aromatic heterocycles. The van der Waals surface area contributed by atoms with Crippen LogP contribution in [-0.4, -0.2) is 29.9 Å². The molecule has 4 N–H and O–H groups in total. The van der Waals surface area contributed by atoms with Crippen molar-refractivity contribution < 1.29 is 9.59 Å². The predicted molar refractivity (Wildman–Crippen MR) is 82.2 cm³/mol. The van der Waals surface area contributed by atoms with Crippen LogP contribution in [0.5, 0.6) is 0 Å². The van der Waals surface area contributed by atoms with Crippen molar-refractivity contribution in [2.24, 2.45) is 5.73 Å². The van der Waals surface area contributed by atoms with E-state index in [2.05, 4.69) is 10.6 Å². The van der Waals surface area contributed by atoms with Gasteiger partial charge in [-0.15, -0.1) is 0 Å². The number of hydrogen-bond donors (Lipinski definition) is 3. The Morgan fingerprint density at radius 2 is 1.90 bits per heavy atom. The fraction of sp³-hybridized carbons (Fsp3) is 0.357. The maximum absolute atomic E-state index is 11.8. The molecule has 0 aliphatic heterocycles. The molecule has 5 nitrogen and oxygen atoms in total. The largest absolute Gasteiger partial charge is 0.381 e. The van der Waals surface area contributed by atoms with Gasteiger partial charge in [0.15, 0.2) is 0 Å². The van der Waals surface area contributed by atoms with Crippen molar-refractivity contribution in [3.63, 3.8) is 0 Å². The lowest BCUT2D eigenvalue weighted by Gasteiger charge is -2.19. The third-order valence-corrected chi connectivity index (χ3v) is 3.27. The highest BCUT2D eigenvalue weighted by Crippen LogP contribution is 2.05. The number of benzene rings is 1. The van der Waals surface area contributed by atoms with Crippen molar-refractivity contribution >= 4 is 29.0 Å². The van der Waals surface area contributed by atoms with Crippen LogP contribution in [0.15, 0.2) is 30.3 Å². The van der Waals surface area contributed by atoms with Gasteiger partial charge in [0, 0.05) is 19.9 Å². The van der Waals surface area contributed by atoms with Crippen LogP contribution in [0.1, 0.15) is 18.4 Å².